The molecule has 0 spiro atoms. The van der Waals surface area contributed by atoms with Crippen molar-refractivity contribution < 1.29 is 19.0 Å². The molecule has 3 aromatic rings. The second-order valence-corrected chi connectivity index (χ2v) is 6.89. The molecule has 0 aliphatic heterocycles. The van der Waals surface area contributed by atoms with Crippen LogP contribution in [0.3, 0.4) is 0 Å². The molecule has 31 heavy (non-hydrogen) atoms. The van der Waals surface area contributed by atoms with E-state index in [0.717, 1.165) is 16.7 Å². The number of benzene rings is 3. The molecule has 3 rings (SSSR count). The van der Waals surface area contributed by atoms with Gasteiger partial charge in [0.2, 0.25) is 5.75 Å². The van der Waals surface area contributed by atoms with Gasteiger partial charge in [0.05, 0.1) is 33.5 Å². The van der Waals surface area contributed by atoms with Gasteiger partial charge in [-0.2, -0.15) is 5.10 Å². The van der Waals surface area contributed by atoms with Gasteiger partial charge in [-0.25, -0.2) is 0 Å². The highest BCUT2D eigenvalue weighted by atomic mass is 16.6. The van der Waals surface area contributed by atoms with Gasteiger partial charge >= 0.3 is 5.97 Å². The lowest BCUT2D eigenvalue weighted by atomic mass is 10.2. The van der Waals surface area contributed by atoms with E-state index in [-0.39, 0.29) is 5.75 Å². The Kier molecular flexibility index (Phi) is 7.65. The van der Waals surface area contributed by atoms with Gasteiger partial charge in [0.15, 0.2) is 11.5 Å². The molecule has 0 N–H and O–H groups in total. The van der Waals surface area contributed by atoms with Gasteiger partial charge in [-0.3, -0.25) is 9.80 Å². The lowest BCUT2D eigenvalue weighted by Gasteiger charge is -2.20. The molecule has 0 aromatic heterocycles. The van der Waals surface area contributed by atoms with Gasteiger partial charge in [-0.15, -0.1) is 0 Å². The summed E-state index contributed by atoms with van der Waals surface area (Å²) in [4.78, 5) is 11.4. The fourth-order valence-corrected chi connectivity index (χ4v) is 3.09. The van der Waals surface area contributed by atoms with E-state index in [9.17, 15) is 4.79 Å². The fourth-order valence-electron chi connectivity index (χ4n) is 3.09. The van der Waals surface area contributed by atoms with Crippen LogP contribution in [-0.4, -0.2) is 31.4 Å². The first-order valence-electron chi connectivity index (χ1n) is 9.90. The van der Waals surface area contributed by atoms with Gasteiger partial charge in [0.1, 0.15) is 0 Å². The number of ether oxygens (including phenoxy) is 3. The summed E-state index contributed by atoms with van der Waals surface area (Å²) in [7, 11) is 3.03. The average molecular weight is 418 g/mol. The summed E-state index contributed by atoms with van der Waals surface area (Å²) in [6, 6.07) is 23.9. The molecule has 6 heteroatoms. The van der Waals surface area contributed by atoms with E-state index >= 15 is 0 Å². The summed E-state index contributed by atoms with van der Waals surface area (Å²) in [5.74, 6) is 0.595. The SMILES string of the molecule is COc1cc(/C=N\N(Cc2ccccc2)Cc2ccccc2)cc(OC)c1OC(C)=O. The van der Waals surface area contributed by atoms with E-state index in [1.807, 2.05) is 41.4 Å². The second-order valence-electron chi connectivity index (χ2n) is 6.89. The quantitative estimate of drug-likeness (QED) is 0.219. The maximum atomic E-state index is 11.4. The van der Waals surface area contributed by atoms with Crippen molar-refractivity contribution >= 4 is 12.2 Å². The molecular formula is C25H26N2O4. The molecule has 0 radical (unpaired) electrons. The number of esters is 1. The summed E-state index contributed by atoms with van der Waals surface area (Å²) in [6.45, 7) is 2.65. The highest BCUT2D eigenvalue weighted by molar-refractivity contribution is 5.83. The molecule has 3 aromatic carbocycles. The molecule has 0 atom stereocenters. The minimum atomic E-state index is -0.449. The summed E-state index contributed by atoms with van der Waals surface area (Å²) >= 11 is 0. The highest BCUT2D eigenvalue weighted by Crippen LogP contribution is 2.38. The number of hydrogen-bond acceptors (Lipinski definition) is 6. The van der Waals surface area contributed by atoms with Crippen molar-refractivity contribution in [2.24, 2.45) is 5.10 Å². The normalized spacial score (nSPS) is 10.7. The maximum Gasteiger partial charge on any atom is 0.308 e. The van der Waals surface area contributed by atoms with Gasteiger partial charge in [-0.1, -0.05) is 60.7 Å². The lowest BCUT2D eigenvalue weighted by Crippen LogP contribution is -2.17. The van der Waals surface area contributed by atoms with Crippen LogP contribution >= 0.6 is 0 Å². The van der Waals surface area contributed by atoms with Crippen molar-refractivity contribution in [2.75, 3.05) is 14.2 Å². The van der Waals surface area contributed by atoms with Gasteiger partial charge in [0, 0.05) is 12.5 Å². The van der Waals surface area contributed by atoms with E-state index in [2.05, 4.69) is 24.3 Å². The van der Waals surface area contributed by atoms with Crippen LogP contribution in [0.2, 0.25) is 0 Å². The van der Waals surface area contributed by atoms with Gasteiger partial charge < -0.3 is 14.2 Å². The Hall–Kier alpha value is -3.80. The Labute approximate surface area is 182 Å². The Balaban J connectivity index is 1.88. The van der Waals surface area contributed by atoms with E-state index in [4.69, 9.17) is 19.3 Å². The molecule has 0 aliphatic rings. The first-order chi connectivity index (χ1) is 15.1. The molecule has 0 unspecified atom stereocenters. The zero-order chi connectivity index (χ0) is 22.1. The van der Waals surface area contributed by atoms with E-state index in [1.165, 1.54) is 21.1 Å². The first kappa shape index (κ1) is 21.9. The summed E-state index contributed by atoms with van der Waals surface area (Å²) in [5, 5.41) is 6.71. The molecule has 0 fully saturated rings. The predicted octanol–water partition coefficient (Wildman–Crippen LogP) is 4.67. The molecule has 160 valence electrons. The molecule has 0 heterocycles. The van der Waals surface area contributed by atoms with Crippen molar-refractivity contribution in [3.8, 4) is 17.2 Å². The average Bonchev–Trinajstić information content (AvgIpc) is 2.79. The zero-order valence-corrected chi connectivity index (χ0v) is 17.9. The van der Waals surface area contributed by atoms with Crippen LogP contribution in [0.5, 0.6) is 17.2 Å². The summed E-state index contributed by atoms with van der Waals surface area (Å²) in [6.07, 6.45) is 1.74. The molecule has 0 aliphatic carbocycles. The van der Waals surface area contributed by atoms with Crippen molar-refractivity contribution in [2.45, 2.75) is 20.0 Å². The van der Waals surface area contributed by atoms with Crippen molar-refractivity contribution in [1.29, 1.82) is 0 Å². The van der Waals surface area contributed by atoms with Crippen LogP contribution in [0, 0.1) is 0 Å². The van der Waals surface area contributed by atoms with Crippen LogP contribution in [0.4, 0.5) is 0 Å². The third kappa shape index (κ3) is 6.34. The van der Waals surface area contributed by atoms with Crippen molar-refractivity contribution in [3.63, 3.8) is 0 Å². The molecule has 6 nitrogen and oxygen atoms in total. The highest BCUT2D eigenvalue weighted by Gasteiger charge is 2.16. The number of methoxy groups -OCH3 is 2. The fraction of sp³-hybridized carbons (Fsp3) is 0.200. The maximum absolute atomic E-state index is 11.4. The number of hydrogen-bond donors (Lipinski definition) is 0. The topological polar surface area (TPSA) is 60.4 Å². The predicted molar refractivity (Wildman–Crippen MR) is 121 cm³/mol. The third-order valence-electron chi connectivity index (χ3n) is 4.51. The van der Waals surface area contributed by atoms with E-state index in [0.29, 0.717) is 24.6 Å². The van der Waals surface area contributed by atoms with E-state index in [1.54, 1.807) is 18.3 Å². The van der Waals surface area contributed by atoms with E-state index < -0.39 is 5.97 Å². The minimum Gasteiger partial charge on any atom is -0.493 e. The Morgan fingerprint density at radius 3 is 1.77 bits per heavy atom. The van der Waals surface area contributed by atoms with Crippen LogP contribution in [0.15, 0.2) is 77.9 Å². The van der Waals surface area contributed by atoms with Gasteiger partial charge in [-0.05, 0) is 23.3 Å². The second kappa shape index (κ2) is 10.8. The number of carbonyl (C=O) groups is 1. The number of hydrazone groups is 1. The lowest BCUT2D eigenvalue weighted by molar-refractivity contribution is -0.132. The molecule has 0 saturated heterocycles. The summed E-state index contributed by atoms with van der Waals surface area (Å²) < 4.78 is 16.0. The van der Waals surface area contributed by atoms with Gasteiger partial charge in [0.25, 0.3) is 0 Å². The largest absolute Gasteiger partial charge is 0.493 e. The van der Waals surface area contributed by atoms with Crippen molar-refractivity contribution in [3.05, 3.63) is 89.5 Å². The Bertz CT molecular complexity index is 954. The zero-order valence-electron chi connectivity index (χ0n) is 17.9. The van der Waals surface area contributed by atoms with Crippen LogP contribution in [-0.2, 0) is 17.9 Å². The number of nitrogens with zero attached hydrogens (tertiary/aromatic N) is 2. The van der Waals surface area contributed by atoms with Crippen molar-refractivity contribution in [1.82, 2.24) is 5.01 Å². The third-order valence-corrected chi connectivity index (χ3v) is 4.51. The Morgan fingerprint density at radius 2 is 1.35 bits per heavy atom. The molecule has 0 amide bonds. The smallest absolute Gasteiger partial charge is 0.308 e. The molecule has 0 saturated carbocycles. The number of rotatable bonds is 9. The Morgan fingerprint density at radius 1 is 0.871 bits per heavy atom. The standard InChI is InChI=1S/C25H26N2O4/c1-19(28)31-25-23(29-2)14-22(15-24(25)30-3)16-26-27(17-20-10-6-4-7-11-20)18-21-12-8-5-9-13-21/h4-16H,17-18H2,1-3H3/b26-16-. The van der Waals surface area contributed by atoms with Crippen LogP contribution in [0.25, 0.3) is 0 Å². The summed E-state index contributed by atoms with van der Waals surface area (Å²) in [5.41, 5.74) is 3.09. The molecule has 0 bridgehead atoms. The van der Waals surface area contributed by atoms with Crippen LogP contribution in [0.1, 0.15) is 23.6 Å². The van der Waals surface area contributed by atoms with Crippen LogP contribution < -0.4 is 14.2 Å². The first-order valence-corrected chi connectivity index (χ1v) is 9.90. The minimum absolute atomic E-state index is 0.250. The number of carbonyl (C=O) groups excluding carboxylic acids is 1. The molecular weight excluding hydrogens is 392 g/mol. The monoisotopic (exact) mass is 418 g/mol.